The summed E-state index contributed by atoms with van der Waals surface area (Å²) >= 11 is 0. The fourth-order valence-electron chi connectivity index (χ4n) is 1.43. The Labute approximate surface area is 110 Å². The van der Waals surface area contributed by atoms with E-state index in [-0.39, 0.29) is 18.1 Å². The van der Waals surface area contributed by atoms with Crippen LogP contribution < -0.4 is 5.32 Å². The number of aromatic nitrogens is 3. The van der Waals surface area contributed by atoms with Crippen LogP contribution in [0.5, 0.6) is 0 Å². The Morgan fingerprint density at radius 1 is 1.53 bits per heavy atom. The molecule has 1 amide bonds. The molecule has 106 valence electrons. The molecule has 0 bridgehead atoms. The molecule has 1 aromatic rings. The van der Waals surface area contributed by atoms with Gasteiger partial charge in [-0.2, -0.15) is 0 Å². The van der Waals surface area contributed by atoms with Crippen LogP contribution in [0.25, 0.3) is 0 Å². The number of nitrogens with zero attached hydrogens (tertiary/aromatic N) is 3. The van der Waals surface area contributed by atoms with Crippen molar-refractivity contribution in [2.24, 2.45) is 0 Å². The molecule has 0 saturated heterocycles. The van der Waals surface area contributed by atoms with Crippen molar-refractivity contribution >= 4 is 11.9 Å². The van der Waals surface area contributed by atoms with Crippen LogP contribution in [-0.2, 0) is 16.1 Å². The third kappa shape index (κ3) is 5.04. The lowest BCUT2D eigenvalue weighted by molar-refractivity contribution is -0.123. The first-order chi connectivity index (χ1) is 8.84. The summed E-state index contributed by atoms with van der Waals surface area (Å²) in [7, 11) is 0. The van der Waals surface area contributed by atoms with Gasteiger partial charge in [0.25, 0.3) is 0 Å². The molecule has 0 spiro atoms. The van der Waals surface area contributed by atoms with E-state index in [9.17, 15) is 9.59 Å². The number of hydrogen-bond donors (Lipinski definition) is 2. The summed E-state index contributed by atoms with van der Waals surface area (Å²) in [6.45, 7) is 6.46. The van der Waals surface area contributed by atoms with Crippen LogP contribution in [0.15, 0.2) is 6.20 Å². The molecule has 0 aliphatic carbocycles. The highest BCUT2D eigenvalue weighted by atomic mass is 16.5. The minimum atomic E-state index is -1.18. The van der Waals surface area contributed by atoms with Crippen molar-refractivity contribution in [3.8, 4) is 0 Å². The molecular formula is C11H18N4O4. The Kier molecular flexibility index (Phi) is 4.99. The lowest BCUT2D eigenvalue weighted by atomic mass is 10.1. The number of carboxylic acids is 1. The SMILES string of the molecule is CCOC(C)(C)CNC(=O)Cn1cc(C(=O)O)nn1. The van der Waals surface area contributed by atoms with Gasteiger partial charge in [-0.15, -0.1) is 5.10 Å². The first-order valence-corrected chi connectivity index (χ1v) is 5.88. The molecule has 0 aliphatic heterocycles. The second-order valence-electron chi connectivity index (χ2n) is 4.58. The van der Waals surface area contributed by atoms with Gasteiger partial charge in [0, 0.05) is 13.2 Å². The van der Waals surface area contributed by atoms with E-state index in [2.05, 4.69) is 15.6 Å². The number of carbonyl (C=O) groups excluding carboxylic acids is 1. The van der Waals surface area contributed by atoms with Gasteiger partial charge in [-0.3, -0.25) is 4.79 Å². The molecule has 0 aromatic carbocycles. The largest absolute Gasteiger partial charge is 0.476 e. The lowest BCUT2D eigenvalue weighted by Gasteiger charge is -2.24. The molecular weight excluding hydrogens is 252 g/mol. The van der Waals surface area contributed by atoms with Gasteiger partial charge in [0.1, 0.15) is 6.54 Å². The normalized spacial score (nSPS) is 11.3. The number of aromatic carboxylic acids is 1. The van der Waals surface area contributed by atoms with E-state index < -0.39 is 11.6 Å². The van der Waals surface area contributed by atoms with Gasteiger partial charge in [-0.25, -0.2) is 9.48 Å². The van der Waals surface area contributed by atoms with Crippen LogP contribution in [0.2, 0.25) is 0 Å². The summed E-state index contributed by atoms with van der Waals surface area (Å²) in [6.07, 6.45) is 1.20. The second kappa shape index (κ2) is 6.28. The summed E-state index contributed by atoms with van der Waals surface area (Å²) in [5, 5.41) is 18.3. The third-order valence-electron chi connectivity index (χ3n) is 2.31. The number of carboxylic acid groups (broad SMARTS) is 1. The van der Waals surface area contributed by atoms with Gasteiger partial charge in [-0.1, -0.05) is 5.21 Å². The zero-order valence-corrected chi connectivity index (χ0v) is 11.2. The summed E-state index contributed by atoms with van der Waals surface area (Å²) in [5.41, 5.74) is -0.638. The average molecular weight is 270 g/mol. The highest BCUT2D eigenvalue weighted by Crippen LogP contribution is 2.06. The minimum absolute atomic E-state index is 0.0809. The summed E-state index contributed by atoms with van der Waals surface area (Å²) in [5.74, 6) is -1.46. The van der Waals surface area contributed by atoms with E-state index in [4.69, 9.17) is 9.84 Å². The molecule has 0 fully saturated rings. The fourth-order valence-corrected chi connectivity index (χ4v) is 1.43. The number of rotatable bonds is 7. The smallest absolute Gasteiger partial charge is 0.358 e. The minimum Gasteiger partial charge on any atom is -0.476 e. The predicted octanol–water partition coefficient (Wildman–Crippen LogP) is -0.0924. The number of carbonyl (C=O) groups is 2. The van der Waals surface area contributed by atoms with E-state index in [1.54, 1.807) is 0 Å². The average Bonchev–Trinajstić information content (AvgIpc) is 2.75. The van der Waals surface area contributed by atoms with Gasteiger partial charge in [0.2, 0.25) is 5.91 Å². The van der Waals surface area contributed by atoms with Crippen LogP contribution in [0.1, 0.15) is 31.3 Å². The van der Waals surface area contributed by atoms with Gasteiger partial charge in [0.05, 0.1) is 11.8 Å². The van der Waals surface area contributed by atoms with Crippen molar-refractivity contribution in [1.29, 1.82) is 0 Å². The maximum atomic E-state index is 11.6. The van der Waals surface area contributed by atoms with Crippen LogP contribution in [-0.4, -0.2) is 50.7 Å². The zero-order valence-electron chi connectivity index (χ0n) is 11.2. The molecule has 19 heavy (non-hydrogen) atoms. The van der Waals surface area contributed by atoms with Crippen molar-refractivity contribution < 1.29 is 19.4 Å². The van der Waals surface area contributed by atoms with Crippen molar-refractivity contribution in [3.63, 3.8) is 0 Å². The Hall–Kier alpha value is -1.96. The standard InChI is InChI=1S/C11H18N4O4/c1-4-19-11(2,3)7-12-9(16)6-15-5-8(10(17)18)13-14-15/h5H,4,6-7H2,1-3H3,(H,12,16)(H,17,18). The summed E-state index contributed by atoms with van der Waals surface area (Å²) in [6, 6.07) is 0. The lowest BCUT2D eigenvalue weighted by Crippen LogP contribution is -2.41. The quantitative estimate of drug-likeness (QED) is 0.717. The Balaban J connectivity index is 2.44. The molecule has 0 saturated carbocycles. The van der Waals surface area contributed by atoms with Crippen molar-refractivity contribution in [2.45, 2.75) is 32.9 Å². The van der Waals surface area contributed by atoms with Crippen molar-refractivity contribution in [1.82, 2.24) is 20.3 Å². The van der Waals surface area contributed by atoms with Gasteiger partial charge < -0.3 is 15.2 Å². The van der Waals surface area contributed by atoms with Crippen LogP contribution in [0.4, 0.5) is 0 Å². The van der Waals surface area contributed by atoms with E-state index in [0.717, 1.165) is 0 Å². The van der Waals surface area contributed by atoms with Crippen LogP contribution >= 0.6 is 0 Å². The van der Waals surface area contributed by atoms with Gasteiger partial charge in [-0.05, 0) is 20.8 Å². The number of ether oxygens (including phenoxy) is 1. The van der Waals surface area contributed by atoms with E-state index >= 15 is 0 Å². The molecule has 0 atom stereocenters. The maximum absolute atomic E-state index is 11.6. The van der Waals surface area contributed by atoms with Crippen molar-refractivity contribution in [2.75, 3.05) is 13.2 Å². The number of hydrogen-bond acceptors (Lipinski definition) is 5. The molecule has 2 N–H and O–H groups in total. The summed E-state index contributed by atoms with van der Waals surface area (Å²) < 4.78 is 6.61. The highest BCUT2D eigenvalue weighted by Gasteiger charge is 2.19. The molecule has 0 radical (unpaired) electrons. The van der Waals surface area contributed by atoms with Gasteiger partial charge in [0.15, 0.2) is 5.69 Å². The molecule has 1 rings (SSSR count). The molecule has 0 unspecified atom stereocenters. The third-order valence-corrected chi connectivity index (χ3v) is 2.31. The first kappa shape index (κ1) is 15.1. The van der Waals surface area contributed by atoms with Crippen molar-refractivity contribution in [3.05, 3.63) is 11.9 Å². The summed E-state index contributed by atoms with van der Waals surface area (Å²) in [4.78, 5) is 22.2. The fraction of sp³-hybridized carbons (Fsp3) is 0.636. The second-order valence-corrected chi connectivity index (χ2v) is 4.58. The maximum Gasteiger partial charge on any atom is 0.358 e. The zero-order chi connectivity index (χ0) is 14.5. The highest BCUT2D eigenvalue weighted by molar-refractivity contribution is 5.84. The Bertz CT molecular complexity index is 455. The molecule has 8 heteroatoms. The molecule has 8 nitrogen and oxygen atoms in total. The molecule has 1 heterocycles. The topological polar surface area (TPSA) is 106 Å². The Morgan fingerprint density at radius 3 is 2.74 bits per heavy atom. The molecule has 0 aliphatic rings. The van der Waals surface area contributed by atoms with Crippen LogP contribution in [0.3, 0.4) is 0 Å². The van der Waals surface area contributed by atoms with E-state index in [1.807, 2.05) is 20.8 Å². The predicted molar refractivity (Wildman–Crippen MR) is 65.7 cm³/mol. The number of amides is 1. The van der Waals surface area contributed by atoms with E-state index in [0.29, 0.717) is 13.2 Å². The molecule has 1 aromatic heterocycles. The Morgan fingerprint density at radius 2 is 2.21 bits per heavy atom. The first-order valence-electron chi connectivity index (χ1n) is 5.88. The van der Waals surface area contributed by atoms with E-state index in [1.165, 1.54) is 10.9 Å². The van der Waals surface area contributed by atoms with Crippen LogP contribution in [0, 0.1) is 0 Å². The number of nitrogens with one attached hydrogen (secondary N) is 1. The van der Waals surface area contributed by atoms with Gasteiger partial charge >= 0.3 is 5.97 Å². The monoisotopic (exact) mass is 270 g/mol.